The molecular weight excluding hydrogens is 508 g/mol. The third kappa shape index (κ3) is 7.26. The summed E-state index contributed by atoms with van der Waals surface area (Å²) in [5.41, 5.74) is 2.57. The molecule has 0 atom stereocenters. The zero-order chi connectivity index (χ0) is 27.0. The summed E-state index contributed by atoms with van der Waals surface area (Å²) in [6.07, 6.45) is 1.82. The largest absolute Gasteiger partial charge is 0.457 e. The van der Waals surface area contributed by atoms with Crippen molar-refractivity contribution in [2.45, 2.75) is 13.8 Å². The van der Waals surface area contributed by atoms with Gasteiger partial charge >= 0.3 is 0 Å². The van der Waals surface area contributed by atoms with Gasteiger partial charge in [0.05, 0.1) is 0 Å². The van der Waals surface area contributed by atoms with Crippen LogP contribution in [0.15, 0.2) is 90.1 Å². The molecule has 0 aliphatic carbocycles. The van der Waals surface area contributed by atoms with E-state index in [0.29, 0.717) is 17.0 Å². The molecule has 1 aliphatic heterocycles. The number of nitrogens with one attached hydrogen (secondary N) is 2. The zero-order valence-corrected chi connectivity index (χ0v) is 22.7. The van der Waals surface area contributed by atoms with Gasteiger partial charge in [0.15, 0.2) is 0 Å². The number of nitrogens with zero attached hydrogens (tertiary/aromatic N) is 6. The van der Waals surface area contributed by atoms with E-state index in [-0.39, 0.29) is 0 Å². The van der Waals surface area contributed by atoms with Crippen LogP contribution < -0.4 is 20.3 Å². The molecule has 9 nitrogen and oxygen atoms in total. The maximum absolute atomic E-state index is 5.88. The van der Waals surface area contributed by atoms with Gasteiger partial charge in [0.1, 0.15) is 17.3 Å². The summed E-state index contributed by atoms with van der Waals surface area (Å²) in [5, 5.41) is 6.84. The highest BCUT2D eigenvalue weighted by Gasteiger charge is 2.22. The van der Waals surface area contributed by atoms with Gasteiger partial charge in [0.2, 0.25) is 17.0 Å². The fourth-order valence-electron chi connectivity index (χ4n) is 4.23. The Bertz CT molecular complexity index is 1400. The molecule has 1 saturated heterocycles. The molecule has 0 bridgehead atoms. The van der Waals surface area contributed by atoms with Crippen molar-refractivity contribution in [1.29, 1.82) is 0 Å². The highest BCUT2D eigenvalue weighted by Crippen LogP contribution is 2.23. The molecule has 10 heteroatoms. The number of ether oxygens (including phenoxy) is 1. The van der Waals surface area contributed by atoms with Crippen molar-refractivity contribution in [2.24, 2.45) is 4.99 Å². The minimum absolute atomic E-state index is 0.325. The zero-order valence-electron chi connectivity index (χ0n) is 21.9. The molecule has 4 aromatic rings. The van der Waals surface area contributed by atoms with Crippen molar-refractivity contribution in [3.8, 4) is 11.5 Å². The minimum atomic E-state index is 0.325. The third-order valence-electron chi connectivity index (χ3n) is 6.05. The molecular formula is C29H30N8OS. The molecule has 2 aromatic carbocycles. The number of rotatable bonds is 5. The maximum Gasteiger partial charge on any atom is 0.229 e. The van der Waals surface area contributed by atoms with E-state index in [1.54, 1.807) is 0 Å². The van der Waals surface area contributed by atoms with E-state index in [2.05, 4.69) is 35.4 Å². The molecule has 198 valence electrons. The normalized spacial score (nSPS) is 13.6. The van der Waals surface area contributed by atoms with Gasteiger partial charge in [0.25, 0.3) is 0 Å². The first-order valence-corrected chi connectivity index (χ1v) is 13.2. The Morgan fingerprint density at radius 3 is 2.15 bits per heavy atom. The van der Waals surface area contributed by atoms with Crippen LogP contribution in [-0.2, 0) is 0 Å². The van der Waals surface area contributed by atoms with Gasteiger partial charge < -0.3 is 19.9 Å². The van der Waals surface area contributed by atoms with E-state index in [9.17, 15) is 0 Å². The number of thiocarbonyl (C=S) groups is 1. The number of hydrogen-bond acceptors (Lipinski definition) is 6. The number of hydrogen-bond donors (Lipinski definition) is 2. The van der Waals surface area contributed by atoms with Gasteiger partial charge in [-0.05, 0) is 80.7 Å². The number of anilines is 3. The van der Waals surface area contributed by atoms with Crippen LogP contribution in [0.1, 0.15) is 11.4 Å². The Labute approximate surface area is 233 Å². The number of benzene rings is 2. The molecule has 1 aliphatic rings. The third-order valence-corrected chi connectivity index (χ3v) is 6.24. The predicted octanol–water partition coefficient (Wildman–Crippen LogP) is 5.27. The number of aryl methyl sites for hydroxylation is 2. The lowest BCUT2D eigenvalue weighted by Crippen LogP contribution is -2.51. The number of pyridine rings is 1. The Hall–Kier alpha value is -4.57. The Morgan fingerprint density at radius 1 is 0.821 bits per heavy atom. The molecule has 0 amide bonds. The lowest BCUT2D eigenvalue weighted by Gasteiger charge is -2.36. The highest BCUT2D eigenvalue weighted by molar-refractivity contribution is 7.80. The van der Waals surface area contributed by atoms with E-state index in [4.69, 9.17) is 21.9 Å². The van der Waals surface area contributed by atoms with E-state index >= 15 is 0 Å². The predicted molar refractivity (Wildman–Crippen MR) is 160 cm³/mol. The summed E-state index contributed by atoms with van der Waals surface area (Å²) in [5.74, 6) is 3.58. The smallest absolute Gasteiger partial charge is 0.229 e. The number of para-hydroxylation sites is 1. The van der Waals surface area contributed by atoms with Crippen LogP contribution in [0.2, 0.25) is 0 Å². The summed E-state index contributed by atoms with van der Waals surface area (Å²) in [6.45, 7) is 6.96. The van der Waals surface area contributed by atoms with Gasteiger partial charge in [-0.1, -0.05) is 24.3 Å². The van der Waals surface area contributed by atoms with Crippen LogP contribution in [0, 0.1) is 13.8 Å². The second kappa shape index (κ2) is 12.3. The van der Waals surface area contributed by atoms with Crippen molar-refractivity contribution < 1.29 is 4.74 Å². The first-order valence-electron chi connectivity index (χ1n) is 12.7. The van der Waals surface area contributed by atoms with E-state index in [0.717, 1.165) is 60.6 Å². The summed E-state index contributed by atoms with van der Waals surface area (Å²) in [7, 11) is 0. The van der Waals surface area contributed by atoms with E-state index in [1.807, 2.05) is 98.9 Å². The second-order valence-electron chi connectivity index (χ2n) is 9.07. The van der Waals surface area contributed by atoms with Gasteiger partial charge in [-0.3, -0.25) is 5.32 Å². The fourth-order valence-corrected chi connectivity index (χ4v) is 4.43. The monoisotopic (exact) mass is 538 g/mol. The summed E-state index contributed by atoms with van der Waals surface area (Å²) in [4.78, 5) is 22.7. The average molecular weight is 539 g/mol. The fraction of sp³-hybridized carbons (Fsp3) is 0.207. The molecule has 0 saturated carbocycles. The van der Waals surface area contributed by atoms with Crippen LogP contribution in [0.3, 0.4) is 0 Å². The second-order valence-corrected chi connectivity index (χ2v) is 9.45. The Morgan fingerprint density at radius 2 is 1.49 bits per heavy atom. The van der Waals surface area contributed by atoms with Crippen LogP contribution in [-0.4, -0.2) is 57.1 Å². The van der Waals surface area contributed by atoms with Gasteiger partial charge in [0, 0.05) is 49.5 Å². The molecule has 0 radical (unpaired) electrons. The summed E-state index contributed by atoms with van der Waals surface area (Å²) < 4.78 is 5.88. The lowest BCUT2D eigenvalue weighted by atomic mass is 10.3. The van der Waals surface area contributed by atoms with Gasteiger partial charge in [-0.2, -0.15) is 4.99 Å². The van der Waals surface area contributed by atoms with Gasteiger partial charge in [-0.15, -0.1) is 0 Å². The van der Waals surface area contributed by atoms with Crippen molar-refractivity contribution in [2.75, 3.05) is 41.7 Å². The van der Waals surface area contributed by atoms with Crippen molar-refractivity contribution in [3.05, 3.63) is 96.4 Å². The van der Waals surface area contributed by atoms with E-state index < -0.39 is 0 Å². The number of piperazine rings is 1. The molecule has 2 N–H and O–H groups in total. The number of aliphatic imine (C=N–C) groups is 1. The summed E-state index contributed by atoms with van der Waals surface area (Å²) in [6, 6.07) is 25.2. The highest BCUT2D eigenvalue weighted by atomic mass is 32.1. The SMILES string of the molecule is Cc1cc(C)nc(N/C(=N/C(=S)Nc2ccc(Oc3ccccc3)cc2)N2CCN(c3ccccn3)CC2)n1. The standard InChI is InChI=1S/C29H30N8OS/c1-21-20-22(2)32-27(31-21)34-28(37-18-16-36(17-19-37)26-10-6-7-15-30-26)35-29(39)33-23-11-13-25(14-12-23)38-24-8-4-3-5-9-24/h3-15,20H,16-19H2,1-2H3,(H2,31,32,33,34,35,39). The molecule has 1 fully saturated rings. The molecule has 3 heterocycles. The Balaban J connectivity index is 1.29. The van der Waals surface area contributed by atoms with E-state index in [1.165, 1.54) is 0 Å². The lowest BCUT2D eigenvalue weighted by molar-refractivity contribution is 0.384. The van der Waals surface area contributed by atoms with Gasteiger partial charge in [-0.25, -0.2) is 15.0 Å². The van der Waals surface area contributed by atoms with Crippen molar-refractivity contribution in [1.82, 2.24) is 19.9 Å². The van der Waals surface area contributed by atoms with Crippen molar-refractivity contribution in [3.63, 3.8) is 0 Å². The topological polar surface area (TPSA) is 90.8 Å². The van der Waals surface area contributed by atoms with Crippen molar-refractivity contribution >= 4 is 40.7 Å². The van der Waals surface area contributed by atoms with Crippen LogP contribution in [0.4, 0.5) is 17.5 Å². The van der Waals surface area contributed by atoms with Crippen LogP contribution in [0.5, 0.6) is 11.5 Å². The first kappa shape index (κ1) is 26.1. The molecule has 39 heavy (non-hydrogen) atoms. The first-order chi connectivity index (χ1) is 19.0. The average Bonchev–Trinajstić information content (AvgIpc) is 2.94. The maximum atomic E-state index is 5.88. The number of aromatic nitrogens is 3. The van der Waals surface area contributed by atoms with Crippen LogP contribution >= 0.6 is 12.2 Å². The molecule has 0 spiro atoms. The molecule has 2 aromatic heterocycles. The quantitative estimate of drug-likeness (QED) is 0.200. The molecule has 0 unspecified atom stereocenters. The summed E-state index contributed by atoms with van der Waals surface area (Å²) >= 11 is 5.63. The Kier molecular flexibility index (Phi) is 8.23. The minimum Gasteiger partial charge on any atom is -0.457 e. The number of guanidine groups is 1. The van der Waals surface area contributed by atoms with Crippen LogP contribution in [0.25, 0.3) is 0 Å². The molecule has 5 rings (SSSR count).